The van der Waals surface area contributed by atoms with Gasteiger partial charge >= 0.3 is 0 Å². The Morgan fingerprint density at radius 3 is 2.93 bits per heavy atom. The zero-order valence-electron chi connectivity index (χ0n) is 8.47. The highest BCUT2D eigenvalue weighted by molar-refractivity contribution is 9.09. The number of rotatable bonds is 3. The molecular formula is C12H12BrClO. The molecule has 1 aromatic heterocycles. The van der Waals surface area contributed by atoms with Crippen molar-refractivity contribution in [2.75, 3.05) is 0 Å². The first-order valence-corrected chi connectivity index (χ1v) is 6.26. The minimum absolute atomic E-state index is 0.523. The van der Waals surface area contributed by atoms with Gasteiger partial charge in [0.05, 0.1) is 0 Å². The Labute approximate surface area is 103 Å². The molecule has 1 unspecified atom stereocenters. The Morgan fingerprint density at radius 2 is 2.20 bits per heavy atom. The molecule has 0 bridgehead atoms. The van der Waals surface area contributed by atoms with Crippen molar-refractivity contribution >= 4 is 38.5 Å². The first kappa shape index (κ1) is 11.0. The van der Waals surface area contributed by atoms with Crippen LogP contribution < -0.4 is 0 Å². The van der Waals surface area contributed by atoms with Gasteiger partial charge < -0.3 is 4.42 Å². The van der Waals surface area contributed by atoms with Crippen LogP contribution in [-0.4, -0.2) is 4.83 Å². The van der Waals surface area contributed by atoms with Gasteiger partial charge in [-0.05, 0) is 30.7 Å². The number of aryl methyl sites for hydroxylation is 1. The van der Waals surface area contributed by atoms with E-state index in [0.717, 1.165) is 34.6 Å². The van der Waals surface area contributed by atoms with Crippen molar-refractivity contribution in [2.45, 2.75) is 24.6 Å². The fourth-order valence-electron chi connectivity index (χ4n) is 1.53. The molecule has 0 aliphatic heterocycles. The van der Waals surface area contributed by atoms with Gasteiger partial charge in [0.1, 0.15) is 11.3 Å². The lowest BCUT2D eigenvalue weighted by Gasteiger charge is -1.98. The van der Waals surface area contributed by atoms with Gasteiger partial charge in [-0.1, -0.05) is 34.5 Å². The van der Waals surface area contributed by atoms with Crippen LogP contribution in [-0.2, 0) is 6.42 Å². The van der Waals surface area contributed by atoms with Gasteiger partial charge in [0.15, 0.2) is 0 Å². The topological polar surface area (TPSA) is 13.1 Å². The highest BCUT2D eigenvalue weighted by atomic mass is 79.9. The van der Waals surface area contributed by atoms with Gasteiger partial charge in [-0.25, -0.2) is 0 Å². The molecule has 0 spiro atoms. The summed E-state index contributed by atoms with van der Waals surface area (Å²) in [5, 5.41) is 1.84. The SMILES string of the molecule is CC(Br)CCc1cc2cc(Cl)ccc2o1. The van der Waals surface area contributed by atoms with Crippen molar-refractivity contribution in [2.24, 2.45) is 0 Å². The summed E-state index contributed by atoms with van der Waals surface area (Å²) >= 11 is 9.43. The van der Waals surface area contributed by atoms with Crippen LogP contribution in [0, 0.1) is 0 Å². The van der Waals surface area contributed by atoms with E-state index in [1.54, 1.807) is 0 Å². The second-order valence-electron chi connectivity index (χ2n) is 3.71. The molecule has 0 N–H and O–H groups in total. The minimum Gasteiger partial charge on any atom is -0.461 e. The molecule has 3 heteroatoms. The molecule has 15 heavy (non-hydrogen) atoms. The van der Waals surface area contributed by atoms with E-state index in [9.17, 15) is 0 Å². The van der Waals surface area contributed by atoms with Crippen LogP contribution in [0.25, 0.3) is 11.0 Å². The maximum absolute atomic E-state index is 5.91. The fraction of sp³-hybridized carbons (Fsp3) is 0.333. The van der Waals surface area contributed by atoms with Gasteiger partial charge in [-0.2, -0.15) is 0 Å². The molecule has 0 saturated heterocycles. The minimum atomic E-state index is 0.523. The summed E-state index contributed by atoms with van der Waals surface area (Å²) in [7, 11) is 0. The number of hydrogen-bond acceptors (Lipinski definition) is 1. The molecule has 80 valence electrons. The summed E-state index contributed by atoms with van der Waals surface area (Å²) < 4.78 is 5.69. The molecule has 0 amide bonds. The predicted molar refractivity (Wildman–Crippen MR) is 67.9 cm³/mol. The maximum Gasteiger partial charge on any atom is 0.134 e. The van der Waals surface area contributed by atoms with Crippen molar-refractivity contribution in [1.82, 2.24) is 0 Å². The zero-order chi connectivity index (χ0) is 10.8. The quantitative estimate of drug-likeness (QED) is 0.739. The Bertz CT molecular complexity index is 462. The summed E-state index contributed by atoms with van der Waals surface area (Å²) in [5.74, 6) is 1.03. The first-order chi connectivity index (χ1) is 7.15. The van der Waals surface area contributed by atoms with Crippen LogP contribution in [0.5, 0.6) is 0 Å². The van der Waals surface area contributed by atoms with Crippen LogP contribution in [0.2, 0.25) is 5.02 Å². The van der Waals surface area contributed by atoms with Crippen LogP contribution in [0.1, 0.15) is 19.1 Å². The van der Waals surface area contributed by atoms with Crippen molar-refractivity contribution < 1.29 is 4.42 Å². The number of alkyl halides is 1. The van der Waals surface area contributed by atoms with Crippen molar-refractivity contribution in [3.8, 4) is 0 Å². The molecular weight excluding hydrogens is 275 g/mol. The first-order valence-electron chi connectivity index (χ1n) is 4.97. The van der Waals surface area contributed by atoms with E-state index in [1.165, 1.54) is 0 Å². The van der Waals surface area contributed by atoms with E-state index < -0.39 is 0 Å². The standard InChI is InChI=1S/C12H12BrClO/c1-8(13)2-4-11-7-9-6-10(14)3-5-12(9)15-11/h3,5-8H,2,4H2,1H3. The highest BCUT2D eigenvalue weighted by Crippen LogP contribution is 2.24. The van der Waals surface area contributed by atoms with Gasteiger partial charge in [-0.15, -0.1) is 0 Å². The Kier molecular flexibility index (Phi) is 3.37. The molecule has 0 fully saturated rings. The second kappa shape index (κ2) is 4.58. The predicted octanol–water partition coefficient (Wildman–Crippen LogP) is 4.80. The van der Waals surface area contributed by atoms with Crippen LogP contribution in [0.4, 0.5) is 0 Å². The number of benzene rings is 1. The Morgan fingerprint density at radius 1 is 1.40 bits per heavy atom. The monoisotopic (exact) mass is 286 g/mol. The largest absolute Gasteiger partial charge is 0.461 e. The smallest absolute Gasteiger partial charge is 0.134 e. The molecule has 0 aliphatic rings. The van der Waals surface area contributed by atoms with Crippen molar-refractivity contribution in [3.63, 3.8) is 0 Å². The number of furan rings is 1. The van der Waals surface area contributed by atoms with Crippen molar-refractivity contribution in [1.29, 1.82) is 0 Å². The number of fused-ring (bicyclic) bond motifs is 1. The van der Waals surface area contributed by atoms with E-state index in [0.29, 0.717) is 4.83 Å². The third kappa shape index (κ3) is 2.76. The van der Waals surface area contributed by atoms with E-state index in [-0.39, 0.29) is 0 Å². The molecule has 1 nitrogen and oxygen atoms in total. The summed E-state index contributed by atoms with van der Waals surface area (Å²) in [5.41, 5.74) is 0.914. The molecule has 1 atom stereocenters. The molecule has 2 aromatic rings. The van der Waals surface area contributed by atoms with E-state index in [1.807, 2.05) is 18.2 Å². The third-order valence-corrected chi connectivity index (χ3v) is 3.01. The molecule has 0 radical (unpaired) electrons. The van der Waals surface area contributed by atoms with Gasteiger partial charge in [0.25, 0.3) is 0 Å². The lowest BCUT2D eigenvalue weighted by molar-refractivity contribution is 0.539. The molecule has 0 saturated carbocycles. The molecule has 1 aromatic carbocycles. The number of halogens is 2. The van der Waals surface area contributed by atoms with Gasteiger partial charge in [0, 0.05) is 21.7 Å². The van der Waals surface area contributed by atoms with Crippen molar-refractivity contribution in [3.05, 3.63) is 35.0 Å². The third-order valence-electron chi connectivity index (χ3n) is 2.32. The van der Waals surface area contributed by atoms with E-state index in [2.05, 4.69) is 28.9 Å². The molecule has 0 aliphatic carbocycles. The average Bonchev–Trinajstić information content (AvgIpc) is 2.56. The summed E-state index contributed by atoms with van der Waals surface area (Å²) in [6, 6.07) is 7.76. The van der Waals surface area contributed by atoms with Gasteiger partial charge in [0.2, 0.25) is 0 Å². The number of hydrogen-bond donors (Lipinski definition) is 0. The van der Waals surface area contributed by atoms with Gasteiger partial charge in [-0.3, -0.25) is 0 Å². The summed E-state index contributed by atoms with van der Waals surface area (Å²) in [6.45, 7) is 2.14. The summed E-state index contributed by atoms with van der Waals surface area (Å²) in [6.07, 6.45) is 2.03. The zero-order valence-corrected chi connectivity index (χ0v) is 10.8. The Balaban J connectivity index is 2.23. The maximum atomic E-state index is 5.91. The van der Waals surface area contributed by atoms with Crippen LogP contribution in [0.3, 0.4) is 0 Å². The van der Waals surface area contributed by atoms with E-state index in [4.69, 9.17) is 16.0 Å². The molecule has 2 rings (SSSR count). The highest BCUT2D eigenvalue weighted by Gasteiger charge is 2.05. The lowest BCUT2D eigenvalue weighted by Crippen LogP contribution is -1.92. The average molecular weight is 288 g/mol. The molecule has 1 heterocycles. The van der Waals surface area contributed by atoms with Crippen LogP contribution >= 0.6 is 27.5 Å². The van der Waals surface area contributed by atoms with E-state index >= 15 is 0 Å². The second-order valence-corrected chi connectivity index (χ2v) is 5.71. The van der Waals surface area contributed by atoms with Crippen LogP contribution in [0.15, 0.2) is 28.7 Å². The normalized spacial score (nSPS) is 13.3. The lowest BCUT2D eigenvalue weighted by atomic mass is 10.2. The summed E-state index contributed by atoms with van der Waals surface area (Å²) in [4.78, 5) is 0.523. The Hall–Kier alpha value is -0.470. The fourth-order valence-corrected chi connectivity index (χ4v) is 1.94.